The number of halogens is 1. The van der Waals surface area contributed by atoms with Crippen molar-refractivity contribution in [2.75, 3.05) is 19.0 Å². The molecular weight excluding hydrogens is 230 g/mol. The molecule has 0 bridgehead atoms. The van der Waals surface area contributed by atoms with Gasteiger partial charge in [0.15, 0.2) is 5.82 Å². The predicted octanol–water partition coefficient (Wildman–Crippen LogP) is 1.57. The summed E-state index contributed by atoms with van der Waals surface area (Å²) in [7, 11) is 1.49. The van der Waals surface area contributed by atoms with Crippen molar-refractivity contribution in [2.45, 2.75) is 19.9 Å². The molecule has 5 nitrogen and oxygen atoms in total. The average Bonchev–Trinajstić information content (AvgIpc) is 2.30. The van der Waals surface area contributed by atoms with Crippen LogP contribution in [0.15, 0.2) is 6.20 Å². The van der Waals surface area contributed by atoms with E-state index >= 15 is 0 Å². The SMILES string of the molecule is COc1ncc(Cl)c(NC(C)C(C)CO)n1. The Morgan fingerprint density at radius 2 is 2.25 bits per heavy atom. The van der Waals surface area contributed by atoms with Crippen LogP contribution in [0.3, 0.4) is 0 Å². The molecule has 0 aliphatic carbocycles. The van der Waals surface area contributed by atoms with Crippen molar-refractivity contribution in [1.29, 1.82) is 0 Å². The number of nitrogens with one attached hydrogen (secondary N) is 1. The van der Waals surface area contributed by atoms with Crippen LogP contribution in [0.5, 0.6) is 6.01 Å². The molecule has 0 aromatic carbocycles. The molecule has 2 N–H and O–H groups in total. The maximum Gasteiger partial charge on any atom is 0.318 e. The van der Waals surface area contributed by atoms with Crippen molar-refractivity contribution in [1.82, 2.24) is 9.97 Å². The molecule has 16 heavy (non-hydrogen) atoms. The fourth-order valence-corrected chi connectivity index (χ4v) is 1.21. The number of nitrogens with zero attached hydrogens (tertiary/aromatic N) is 2. The fourth-order valence-electron chi connectivity index (χ4n) is 1.07. The number of hydrogen-bond donors (Lipinski definition) is 2. The van der Waals surface area contributed by atoms with Crippen LogP contribution in [0.25, 0.3) is 0 Å². The summed E-state index contributed by atoms with van der Waals surface area (Å²) >= 11 is 5.94. The molecule has 1 rings (SSSR count). The first-order valence-corrected chi connectivity index (χ1v) is 5.40. The van der Waals surface area contributed by atoms with Crippen LogP contribution in [0, 0.1) is 5.92 Å². The van der Waals surface area contributed by atoms with Crippen molar-refractivity contribution >= 4 is 17.4 Å². The van der Waals surface area contributed by atoms with E-state index in [2.05, 4.69) is 15.3 Å². The van der Waals surface area contributed by atoms with E-state index in [9.17, 15) is 0 Å². The fraction of sp³-hybridized carbons (Fsp3) is 0.600. The molecule has 0 saturated heterocycles. The summed E-state index contributed by atoms with van der Waals surface area (Å²) in [6, 6.07) is 0.317. The number of anilines is 1. The Bertz CT molecular complexity index is 349. The number of ether oxygens (including phenoxy) is 1. The molecule has 1 aromatic rings. The van der Waals surface area contributed by atoms with Gasteiger partial charge in [0.1, 0.15) is 5.02 Å². The van der Waals surface area contributed by atoms with Gasteiger partial charge in [-0.3, -0.25) is 0 Å². The van der Waals surface area contributed by atoms with Crippen LogP contribution in [0.2, 0.25) is 5.02 Å². The van der Waals surface area contributed by atoms with E-state index in [1.54, 1.807) is 0 Å². The molecule has 0 radical (unpaired) electrons. The molecule has 1 aromatic heterocycles. The van der Waals surface area contributed by atoms with Crippen molar-refractivity contribution in [3.8, 4) is 6.01 Å². The number of aromatic nitrogens is 2. The highest BCUT2D eigenvalue weighted by Gasteiger charge is 2.14. The highest BCUT2D eigenvalue weighted by atomic mass is 35.5. The summed E-state index contributed by atoms with van der Waals surface area (Å²) in [5.74, 6) is 0.623. The lowest BCUT2D eigenvalue weighted by Crippen LogP contribution is -2.26. The first-order valence-electron chi connectivity index (χ1n) is 5.02. The Hall–Kier alpha value is -1.07. The normalized spacial score (nSPS) is 14.3. The summed E-state index contributed by atoms with van der Waals surface area (Å²) in [6.45, 7) is 3.99. The maximum atomic E-state index is 9.02. The van der Waals surface area contributed by atoms with E-state index < -0.39 is 0 Å². The van der Waals surface area contributed by atoms with Gasteiger partial charge in [-0.1, -0.05) is 18.5 Å². The molecule has 0 amide bonds. The third-order valence-corrected chi connectivity index (χ3v) is 2.69. The maximum absolute atomic E-state index is 9.02. The number of aliphatic hydroxyl groups excluding tert-OH is 1. The molecule has 2 atom stereocenters. The predicted molar refractivity (Wildman–Crippen MR) is 62.9 cm³/mol. The summed E-state index contributed by atoms with van der Waals surface area (Å²) in [4.78, 5) is 7.96. The van der Waals surface area contributed by atoms with Crippen LogP contribution in [-0.2, 0) is 0 Å². The number of hydrogen-bond acceptors (Lipinski definition) is 5. The monoisotopic (exact) mass is 245 g/mol. The lowest BCUT2D eigenvalue weighted by atomic mass is 10.1. The average molecular weight is 246 g/mol. The van der Waals surface area contributed by atoms with Gasteiger partial charge in [0, 0.05) is 12.6 Å². The summed E-state index contributed by atoms with van der Waals surface area (Å²) in [5.41, 5.74) is 0. The highest BCUT2D eigenvalue weighted by molar-refractivity contribution is 6.32. The third kappa shape index (κ3) is 3.21. The van der Waals surface area contributed by atoms with Crippen molar-refractivity contribution < 1.29 is 9.84 Å². The smallest absolute Gasteiger partial charge is 0.318 e. The van der Waals surface area contributed by atoms with Crippen molar-refractivity contribution in [2.24, 2.45) is 5.92 Å². The van der Waals surface area contributed by atoms with Crippen LogP contribution < -0.4 is 10.1 Å². The molecule has 2 unspecified atom stereocenters. The van der Waals surface area contributed by atoms with E-state index in [4.69, 9.17) is 21.4 Å². The lowest BCUT2D eigenvalue weighted by molar-refractivity contribution is 0.226. The Labute approximate surface area is 99.8 Å². The number of methoxy groups -OCH3 is 1. The zero-order chi connectivity index (χ0) is 12.1. The highest BCUT2D eigenvalue weighted by Crippen LogP contribution is 2.22. The first kappa shape index (κ1) is 13.0. The number of rotatable bonds is 5. The molecule has 0 spiro atoms. The second-order valence-electron chi connectivity index (χ2n) is 3.65. The van der Waals surface area contributed by atoms with Gasteiger partial charge in [0.05, 0.1) is 13.3 Å². The standard InChI is InChI=1S/C10H16ClN3O2/c1-6(5-15)7(2)13-9-8(11)4-12-10(14-9)16-3/h4,6-7,15H,5H2,1-3H3,(H,12,13,14). The van der Waals surface area contributed by atoms with Gasteiger partial charge in [-0.15, -0.1) is 0 Å². The van der Waals surface area contributed by atoms with E-state index in [-0.39, 0.29) is 24.6 Å². The van der Waals surface area contributed by atoms with Crippen LogP contribution >= 0.6 is 11.6 Å². The molecule has 0 fully saturated rings. The van der Waals surface area contributed by atoms with Gasteiger partial charge < -0.3 is 15.2 Å². The molecule has 90 valence electrons. The Morgan fingerprint density at radius 3 is 2.81 bits per heavy atom. The number of aliphatic hydroxyl groups is 1. The Morgan fingerprint density at radius 1 is 1.56 bits per heavy atom. The molecule has 6 heteroatoms. The zero-order valence-electron chi connectivity index (χ0n) is 9.57. The van der Waals surface area contributed by atoms with E-state index in [0.29, 0.717) is 10.8 Å². The van der Waals surface area contributed by atoms with Gasteiger partial charge in [-0.05, 0) is 12.8 Å². The van der Waals surface area contributed by atoms with E-state index in [1.807, 2.05) is 13.8 Å². The minimum atomic E-state index is 0.0575. The van der Waals surface area contributed by atoms with Gasteiger partial charge in [-0.2, -0.15) is 4.98 Å². The Kier molecular flexibility index (Phi) is 4.76. The van der Waals surface area contributed by atoms with Gasteiger partial charge >= 0.3 is 6.01 Å². The minimum Gasteiger partial charge on any atom is -0.467 e. The molecule has 0 aliphatic heterocycles. The quantitative estimate of drug-likeness (QED) is 0.824. The molecule has 0 aliphatic rings. The van der Waals surface area contributed by atoms with E-state index in [1.165, 1.54) is 13.3 Å². The van der Waals surface area contributed by atoms with Crippen molar-refractivity contribution in [3.05, 3.63) is 11.2 Å². The van der Waals surface area contributed by atoms with Crippen molar-refractivity contribution in [3.63, 3.8) is 0 Å². The van der Waals surface area contributed by atoms with Gasteiger partial charge in [0.25, 0.3) is 0 Å². The largest absolute Gasteiger partial charge is 0.467 e. The summed E-state index contributed by atoms with van der Waals surface area (Å²) in [6.07, 6.45) is 1.48. The summed E-state index contributed by atoms with van der Waals surface area (Å²) < 4.78 is 4.91. The zero-order valence-corrected chi connectivity index (χ0v) is 10.3. The van der Waals surface area contributed by atoms with Gasteiger partial charge in [-0.25, -0.2) is 4.98 Å². The second kappa shape index (κ2) is 5.86. The topological polar surface area (TPSA) is 67.3 Å². The second-order valence-corrected chi connectivity index (χ2v) is 4.05. The summed E-state index contributed by atoms with van der Waals surface area (Å²) in [5, 5.41) is 12.6. The minimum absolute atomic E-state index is 0.0575. The lowest BCUT2D eigenvalue weighted by Gasteiger charge is -2.20. The van der Waals surface area contributed by atoms with Crippen LogP contribution in [-0.4, -0.2) is 34.8 Å². The molecule has 0 saturated carbocycles. The van der Waals surface area contributed by atoms with Crippen LogP contribution in [0.1, 0.15) is 13.8 Å². The van der Waals surface area contributed by atoms with Crippen LogP contribution in [0.4, 0.5) is 5.82 Å². The van der Waals surface area contributed by atoms with E-state index in [0.717, 1.165) is 0 Å². The molecule has 1 heterocycles. The first-order chi connectivity index (χ1) is 7.58. The molecular formula is C10H16ClN3O2. The third-order valence-electron chi connectivity index (χ3n) is 2.41. The van der Waals surface area contributed by atoms with Gasteiger partial charge in [0.2, 0.25) is 0 Å². The Balaban J connectivity index is 2.79.